The van der Waals surface area contributed by atoms with Gasteiger partial charge in [-0.1, -0.05) is 0 Å². The number of amides is 1. The highest BCUT2D eigenvalue weighted by molar-refractivity contribution is 9.10. The lowest BCUT2D eigenvalue weighted by atomic mass is 10.1. The number of benzene rings is 1. The van der Waals surface area contributed by atoms with Crippen molar-refractivity contribution in [2.75, 3.05) is 31.9 Å². The van der Waals surface area contributed by atoms with Gasteiger partial charge in [0, 0.05) is 23.6 Å². The highest BCUT2D eigenvalue weighted by atomic mass is 79.9. The molecule has 0 aromatic heterocycles. The molecule has 2 aliphatic rings. The van der Waals surface area contributed by atoms with Gasteiger partial charge >= 0.3 is 0 Å². The molecule has 0 spiro atoms. The normalized spacial score (nSPS) is 23.0. The van der Waals surface area contributed by atoms with Crippen LogP contribution in [0, 0.1) is 5.82 Å². The summed E-state index contributed by atoms with van der Waals surface area (Å²) in [5.74, 6) is -0.579. The lowest BCUT2D eigenvalue weighted by Crippen LogP contribution is -2.37. The zero-order valence-corrected chi connectivity index (χ0v) is 13.4. The Morgan fingerprint density at radius 1 is 1.29 bits per heavy atom. The number of halogens is 2. The first kappa shape index (κ1) is 14.8. The molecule has 3 rings (SSSR count). The molecule has 1 aromatic carbocycles. The molecule has 0 aliphatic carbocycles. The molecule has 2 fully saturated rings. The van der Waals surface area contributed by atoms with Gasteiger partial charge in [0.2, 0.25) is 0 Å². The van der Waals surface area contributed by atoms with Crippen LogP contribution in [0.3, 0.4) is 0 Å². The van der Waals surface area contributed by atoms with Crippen LogP contribution in [0.1, 0.15) is 29.6 Å². The maximum atomic E-state index is 13.4. The standard InChI is InChI=1S/C15H19BrFN3O/c16-12-8-13(17)14(18)7-11(12)15(21)20-6-3-10(9-20)19-4-1-2-5-19/h7-8,10H,1-6,9,18H2. The Morgan fingerprint density at radius 2 is 2.00 bits per heavy atom. The summed E-state index contributed by atoms with van der Waals surface area (Å²) in [5, 5.41) is 0. The minimum atomic E-state index is -0.505. The molecule has 1 atom stereocenters. The number of rotatable bonds is 2. The van der Waals surface area contributed by atoms with Crippen molar-refractivity contribution >= 4 is 27.5 Å². The van der Waals surface area contributed by atoms with E-state index < -0.39 is 5.82 Å². The lowest BCUT2D eigenvalue weighted by Gasteiger charge is -2.24. The van der Waals surface area contributed by atoms with E-state index in [1.165, 1.54) is 25.0 Å². The molecule has 0 bridgehead atoms. The van der Waals surface area contributed by atoms with Crippen LogP contribution in [0.25, 0.3) is 0 Å². The highest BCUT2D eigenvalue weighted by Gasteiger charge is 2.32. The van der Waals surface area contributed by atoms with Crippen molar-refractivity contribution in [2.24, 2.45) is 0 Å². The molecule has 0 saturated carbocycles. The monoisotopic (exact) mass is 355 g/mol. The number of hydrogen-bond donors (Lipinski definition) is 1. The van der Waals surface area contributed by atoms with Gasteiger partial charge in [0.25, 0.3) is 5.91 Å². The van der Waals surface area contributed by atoms with Crippen LogP contribution in [0.15, 0.2) is 16.6 Å². The quantitative estimate of drug-likeness (QED) is 0.829. The van der Waals surface area contributed by atoms with E-state index in [0.29, 0.717) is 16.1 Å². The van der Waals surface area contributed by atoms with Crippen molar-refractivity contribution in [1.82, 2.24) is 9.80 Å². The van der Waals surface area contributed by atoms with E-state index in [2.05, 4.69) is 20.8 Å². The van der Waals surface area contributed by atoms with Crippen LogP contribution < -0.4 is 5.73 Å². The molecule has 1 unspecified atom stereocenters. The molecule has 4 nitrogen and oxygen atoms in total. The van der Waals surface area contributed by atoms with Gasteiger partial charge in [0.15, 0.2) is 0 Å². The second-order valence-corrected chi connectivity index (χ2v) is 6.64. The summed E-state index contributed by atoms with van der Waals surface area (Å²) >= 11 is 3.26. The average molecular weight is 356 g/mol. The first-order chi connectivity index (χ1) is 10.1. The van der Waals surface area contributed by atoms with Gasteiger partial charge in [-0.05, 0) is 60.4 Å². The number of likely N-dealkylation sites (tertiary alicyclic amines) is 2. The minimum absolute atomic E-state index is 0.0110. The number of nitrogens with two attached hydrogens (primary N) is 1. The fourth-order valence-corrected chi connectivity index (χ4v) is 3.72. The smallest absolute Gasteiger partial charge is 0.255 e. The van der Waals surface area contributed by atoms with Crippen molar-refractivity contribution in [1.29, 1.82) is 0 Å². The van der Waals surface area contributed by atoms with Gasteiger partial charge in [-0.15, -0.1) is 0 Å². The Labute approximate surface area is 132 Å². The fraction of sp³-hybridized carbons (Fsp3) is 0.533. The minimum Gasteiger partial charge on any atom is -0.396 e. The first-order valence-corrected chi connectivity index (χ1v) is 8.13. The summed E-state index contributed by atoms with van der Waals surface area (Å²) in [6.07, 6.45) is 3.52. The molecule has 2 saturated heterocycles. The Morgan fingerprint density at radius 3 is 2.71 bits per heavy atom. The topological polar surface area (TPSA) is 49.6 Å². The van der Waals surface area contributed by atoms with Gasteiger partial charge in [-0.3, -0.25) is 9.69 Å². The number of hydrogen-bond acceptors (Lipinski definition) is 3. The van der Waals surface area contributed by atoms with Gasteiger partial charge in [0.1, 0.15) is 5.82 Å². The van der Waals surface area contributed by atoms with Crippen LogP contribution in [0.5, 0.6) is 0 Å². The molecule has 21 heavy (non-hydrogen) atoms. The lowest BCUT2D eigenvalue weighted by molar-refractivity contribution is 0.0779. The number of carbonyl (C=O) groups is 1. The van der Waals surface area contributed by atoms with Gasteiger partial charge in [-0.25, -0.2) is 4.39 Å². The predicted molar refractivity (Wildman–Crippen MR) is 83.6 cm³/mol. The van der Waals surface area contributed by atoms with E-state index >= 15 is 0 Å². The molecular weight excluding hydrogens is 337 g/mol. The molecule has 6 heteroatoms. The maximum absolute atomic E-state index is 13.4. The van der Waals surface area contributed by atoms with Crippen molar-refractivity contribution in [2.45, 2.75) is 25.3 Å². The van der Waals surface area contributed by atoms with Gasteiger partial charge in [-0.2, -0.15) is 0 Å². The largest absolute Gasteiger partial charge is 0.396 e. The summed E-state index contributed by atoms with van der Waals surface area (Å²) in [6, 6.07) is 3.15. The van der Waals surface area contributed by atoms with Gasteiger partial charge < -0.3 is 10.6 Å². The van der Waals surface area contributed by atoms with Crippen molar-refractivity contribution in [3.05, 3.63) is 28.0 Å². The first-order valence-electron chi connectivity index (χ1n) is 7.34. The number of nitrogens with zero attached hydrogens (tertiary/aromatic N) is 2. The van der Waals surface area contributed by atoms with E-state index in [0.717, 1.165) is 32.6 Å². The zero-order chi connectivity index (χ0) is 15.0. The van der Waals surface area contributed by atoms with Crippen LogP contribution in [-0.4, -0.2) is 47.9 Å². The van der Waals surface area contributed by atoms with Crippen molar-refractivity contribution in [3.8, 4) is 0 Å². The predicted octanol–water partition coefficient (Wildman–Crippen LogP) is 2.48. The summed E-state index contributed by atoms with van der Waals surface area (Å²) in [7, 11) is 0. The third-order valence-corrected chi connectivity index (χ3v) is 5.08. The highest BCUT2D eigenvalue weighted by Crippen LogP contribution is 2.27. The van der Waals surface area contributed by atoms with Crippen LogP contribution in [0.4, 0.5) is 10.1 Å². The summed E-state index contributed by atoms with van der Waals surface area (Å²) in [4.78, 5) is 16.9. The summed E-state index contributed by atoms with van der Waals surface area (Å²) in [6.45, 7) is 3.78. The fourth-order valence-electron chi connectivity index (χ4n) is 3.23. The Balaban J connectivity index is 1.73. The van der Waals surface area contributed by atoms with E-state index in [-0.39, 0.29) is 11.6 Å². The molecule has 114 valence electrons. The second kappa shape index (κ2) is 5.93. The van der Waals surface area contributed by atoms with Crippen molar-refractivity contribution in [3.63, 3.8) is 0 Å². The second-order valence-electron chi connectivity index (χ2n) is 5.79. The number of carbonyl (C=O) groups excluding carboxylic acids is 1. The molecule has 1 aromatic rings. The van der Waals surface area contributed by atoms with Crippen LogP contribution in [0.2, 0.25) is 0 Å². The third-order valence-electron chi connectivity index (χ3n) is 4.42. The zero-order valence-electron chi connectivity index (χ0n) is 11.8. The van der Waals surface area contributed by atoms with E-state index in [9.17, 15) is 9.18 Å². The molecular formula is C15H19BrFN3O. The maximum Gasteiger partial charge on any atom is 0.255 e. The van der Waals surface area contributed by atoms with E-state index in [1.807, 2.05) is 4.90 Å². The van der Waals surface area contributed by atoms with E-state index in [4.69, 9.17) is 5.73 Å². The van der Waals surface area contributed by atoms with E-state index in [1.54, 1.807) is 0 Å². The molecule has 2 heterocycles. The molecule has 0 radical (unpaired) electrons. The van der Waals surface area contributed by atoms with Gasteiger partial charge in [0.05, 0.1) is 11.3 Å². The number of nitrogen functional groups attached to an aromatic ring is 1. The third kappa shape index (κ3) is 2.92. The molecule has 1 amide bonds. The Bertz CT molecular complexity index is 560. The SMILES string of the molecule is Nc1cc(C(=O)N2CCC(N3CCCC3)C2)c(Br)cc1F. The van der Waals surface area contributed by atoms with Crippen LogP contribution in [-0.2, 0) is 0 Å². The van der Waals surface area contributed by atoms with Crippen LogP contribution >= 0.6 is 15.9 Å². The summed E-state index contributed by atoms with van der Waals surface area (Å²) in [5.41, 5.74) is 6.03. The molecule has 2 aliphatic heterocycles. The summed E-state index contributed by atoms with van der Waals surface area (Å²) < 4.78 is 13.8. The number of anilines is 1. The molecule has 2 N–H and O–H groups in total. The Hall–Kier alpha value is -1.14. The Kier molecular flexibility index (Phi) is 4.17. The average Bonchev–Trinajstić information content (AvgIpc) is 3.11. The van der Waals surface area contributed by atoms with Crippen molar-refractivity contribution < 1.29 is 9.18 Å².